The summed E-state index contributed by atoms with van der Waals surface area (Å²) in [5, 5.41) is 15.3. The minimum Gasteiger partial charge on any atom is -0.396 e. The number of hydrogen-bond acceptors (Lipinski definition) is 3. The molecule has 1 aromatic rings. The third-order valence-corrected chi connectivity index (χ3v) is 2.90. The van der Waals surface area contributed by atoms with Crippen LogP contribution in [0.15, 0.2) is 10.8 Å². The van der Waals surface area contributed by atoms with Gasteiger partial charge in [-0.1, -0.05) is 0 Å². The Kier molecular flexibility index (Phi) is 4.10. The van der Waals surface area contributed by atoms with Crippen molar-refractivity contribution >= 4 is 17.2 Å². The van der Waals surface area contributed by atoms with Gasteiger partial charge in [0.15, 0.2) is 0 Å². The van der Waals surface area contributed by atoms with Crippen molar-refractivity contribution in [2.75, 3.05) is 6.61 Å². The molecule has 78 valence electrons. The van der Waals surface area contributed by atoms with Crippen molar-refractivity contribution in [3.8, 4) is 0 Å². The van der Waals surface area contributed by atoms with Gasteiger partial charge in [-0.2, -0.15) is 11.3 Å². The molecule has 0 saturated carbocycles. The lowest BCUT2D eigenvalue weighted by molar-refractivity contribution is 0.0934. The molecule has 0 radical (unpaired) electrons. The molecule has 4 heteroatoms. The van der Waals surface area contributed by atoms with Crippen LogP contribution in [0.4, 0.5) is 0 Å². The summed E-state index contributed by atoms with van der Waals surface area (Å²) in [5.41, 5.74) is 1.74. The summed E-state index contributed by atoms with van der Waals surface area (Å²) in [6, 6.07) is 0.0202. The molecule has 0 aliphatic rings. The molecular weight excluding hydrogens is 198 g/mol. The molecule has 1 amide bonds. The number of nitrogens with one attached hydrogen (secondary N) is 1. The Hall–Kier alpha value is -0.870. The Morgan fingerprint density at radius 2 is 2.36 bits per heavy atom. The number of aliphatic hydroxyl groups is 1. The van der Waals surface area contributed by atoms with Crippen molar-refractivity contribution in [1.29, 1.82) is 0 Å². The van der Waals surface area contributed by atoms with Crippen LogP contribution >= 0.6 is 11.3 Å². The van der Waals surface area contributed by atoms with Gasteiger partial charge >= 0.3 is 0 Å². The first-order valence-electron chi connectivity index (χ1n) is 4.59. The molecule has 3 nitrogen and oxygen atoms in total. The summed E-state index contributed by atoms with van der Waals surface area (Å²) in [6.45, 7) is 3.90. The standard InChI is InChI=1S/C10H15NO2S/c1-7-5-14-6-9(7)10(13)11-8(2)3-4-12/h5-6,8,12H,3-4H2,1-2H3,(H,11,13). The zero-order valence-electron chi connectivity index (χ0n) is 8.41. The minimum absolute atomic E-state index is 0.0202. The van der Waals surface area contributed by atoms with Crippen molar-refractivity contribution in [2.24, 2.45) is 0 Å². The molecule has 0 saturated heterocycles. The second-order valence-corrected chi connectivity index (χ2v) is 4.10. The number of aliphatic hydroxyl groups excluding tert-OH is 1. The van der Waals surface area contributed by atoms with E-state index in [4.69, 9.17) is 5.11 Å². The fraction of sp³-hybridized carbons (Fsp3) is 0.500. The average Bonchev–Trinajstić information content (AvgIpc) is 2.51. The van der Waals surface area contributed by atoms with E-state index >= 15 is 0 Å². The van der Waals surface area contributed by atoms with E-state index < -0.39 is 0 Å². The van der Waals surface area contributed by atoms with E-state index in [0.29, 0.717) is 6.42 Å². The minimum atomic E-state index is -0.0512. The zero-order valence-corrected chi connectivity index (χ0v) is 9.23. The molecule has 1 aromatic heterocycles. The van der Waals surface area contributed by atoms with Crippen molar-refractivity contribution in [2.45, 2.75) is 26.3 Å². The molecule has 0 fully saturated rings. The lowest BCUT2D eigenvalue weighted by atomic mass is 10.2. The van der Waals surface area contributed by atoms with Gasteiger partial charge in [0.05, 0.1) is 5.56 Å². The maximum Gasteiger partial charge on any atom is 0.252 e. The maximum absolute atomic E-state index is 11.6. The third kappa shape index (κ3) is 2.82. The molecule has 1 atom stereocenters. The van der Waals surface area contributed by atoms with Crippen molar-refractivity contribution in [3.63, 3.8) is 0 Å². The predicted octanol–water partition coefficient (Wildman–Crippen LogP) is 1.56. The van der Waals surface area contributed by atoms with E-state index in [-0.39, 0.29) is 18.6 Å². The summed E-state index contributed by atoms with van der Waals surface area (Å²) in [6.07, 6.45) is 0.592. The summed E-state index contributed by atoms with van der Waals surface area (Å²) in [5.74, 6) is -0.0512. The van der Waals surface area contributed by atoms with E-state index in [1.165, 1.54) is 11.3 Å². The fourth-order valence-electron chi connectivity index (χ4n) is 1.16. The molecule has 0 aliphatic carbocycles. The topological polar surface area (TPSA) is 49.3 Å². The maximum atomic E-state index is 11.6. The van der Waals surface area contributed by atoms with Crippen LogP contribution in [0.25, 0.3) is 0 Å². The smallest absolute Gasteiger partial charge is 0.252 e. The van der Waals surface area contributed by atoms with Gasteiger partial charge in [0, 0.05) is 18.0 Å². The van der Waals surface area contributed by atoms with Gasteiger partial charge in [0.2, 0.25) is 0 Å². The van der Waals surface area contributed by atoms with Gasteiger partial charge in [-0.05, 0) is 31.2 Å². The fourth-order valence-corrected chi connectivity index (χ4v) is 1.99. The van der Waals surface area contributed by atoms with Crippen LogP contribution < -0.4 is 5.32 Å². The van der Waals surface area contributed by atoms with Crippen LogP contribution in [0.1, 0.15) is 29.3 Å². The molecule has 1 unspecified atom stereocenters. The van der Waals surface area contributed by atoms with Gasteiger partial charge in [0.25, 0.3) is 5.91 Å². The van der Waals surface area contributed by atoms with Crippen LogP contribution in [-0.2, 0) is 0 Å². The highest BCUT2D eigenvalue weighted by atomic mass is 32.1. The van der Waals surface area contributed by atoms with Crippen molar-refractivity contribution in [3.05, 3.63) is 21.9 Å². The van der Waals surface area contributed by atoms with E-state index in [1.807, 2.05) is 24.6 Å². The number of aryl methyl sites for hydroxylation is 1. The molecular formula is C10H15NO2S. The zero-order chi connectivity index (χ0) is 10.6. The second-order valence-electron chi connectivity index (χ2n) is 3.36. The largest absolute Gasteiger partial charge is 0.396 e. The van der Waals surface area contributed by atoms with Crippen LogP contribution in [0.5, 0.6) is 0 Å². The Balaban J connectivity index is 2.55. The Morgan fingerprint density at radius 3 is 2.86 bits per heavy atom. The summed E-state index contributed by atoms with van der Waals surface area (Å²) in [7, 11) is 0. The van der Waals surface area contributed by atoms with Crippen molar-refractivity contribution in [1.82, 2.24) is 5.32 Å². The monoisotopic (exact) mass is 213 g/mol. The number of carbonyl (C=O) groups is 1. The highest BCUT2D eigenvalue weighted by Crippen LogP contribution is 2.13. The third-order valence-electron chi connectivity index (χ3n) is 2.04. The number of amides is 1. The average molecular weight is 213 g/mol. The molecule has 1 rings (SSSR count). The highest BCUT2D eigenvalue weighted by Gasteiger charge is 2.11. The van der Waals surface area contributed by atoms with E-state index in [1.54, 1.807) is 0 Å². The molecule has 2 N–H and O–H groups in total. The van der Waals surface area contributed by atoms with Crippen LogP contribution in [-0.4, -0.2) is 23.7 Å². The number of hydrogen-bond donors (Lipinski definition) is 2. The SMILES string of the molecule is Cc1cscc1C(=O)NC(C)CCO. The predicted molar refractivity (Wildman–Crippen MR) is 57.7 cm³/mol. The second kappa shape index (κ2) is 5.12. The molecule has 0 spiro atoms. The number of carbonyl (C=O) groups excluding carboxylic acids is 1. The Morgan fingerprint density at radius 1 is 1.64 bits per heavy atom. The van der Waals surface area contributed by atoms with Gasteiger partial charge in [-0.15, -0.1) is 0 Å². The van der Waals surface area contributed by atoms with E-state index in [0.717, 1.165) is 11.1 Å². The van der Waals surface area contributed by atoms with Crippen LogP contribution in [0.2, 0.25) is 0 Å². The highest BCUT2D eigenvalue weighted by molar-refractivity contribution is 7.08. The molecule has 0 aliphatic heterocycles. The number of thiophene rings is 1. The van der Waals surface area contributed by atoms with Gasteiger partial charge < -0.3 is 10.4 Å². The lowest BCUT2D eigenvalue weighted by Crippen LogP contribution is -2.33. The van der Waals surface area contributed by atoms with E-state index in [2.05, 4.69) is 5.32 Å². The lowest BCUT2D eigenvalue weighted by Gasteiger charge is -2.11. The quantitative estimate of drug-likeness (QED) is 0.797. The normalized spacial score (nSPS) is 12.5. The van der Waals surface area contributed by atoms with Gasteiger partial charge in [0.1, 0.15) is 0 Å². The van der Waals surface area contributed by atoms with Crippen LogP contribution in [0.3, 0.4) is 0 Å². The molecule has 14 heavy (non-hydrogen) atoms. The molecule has 0 aromatic carbocycles. The summed E-state index contributed by atoms with van der Waals surface area (Å²) in [4.78, 5) is 11.6. The summed E-state index contributed by atoms with van der Waals surface area (Å²) >= 11 is 1.52. The Bertz CT molecular complexity index is 309. The van der Waals surface area contributed by atoms with Crippen molar-refractivity contribution < 1.29 is 9.90 Å². The summed E-state index contributed by atoms with van der Waals surface area (Å²) < 4.78 is 0. The van der Waals surface area contributed by atoms with Gasteiger partial charge in [-0.3, -0.25) is 4.79 Å². The van der Waals surface area contributed by atoms with Crippen LogP contribution in [0, 0.1) is 6.92 Å². The first kappa shape index (κ1) is 11.2. The first-order valence-corrected chi connectivity index (χ1v) is 5.54. The van der Waals surface area contributed by atoms with E-state index in [9.17, 15) is 4.79 Å². The molecule has 1 heterocycles. The van der Waals surface area contributed by atoms with Gasteiger partial charge in [-0.25, -0.2) is 0 Å². The molecule has 0 bridgehead atoms. The first-order chi connectivity index (χ1) is 6.65. The Labute approximate surface area is 87.8 Å². The number of rotatable bonds is 4.